The van der Waals surface area contributed by atoms with Gasteiger partial charge in [-0.05, 0) is 22.7 Å². The van der Waals surface area contributed by atoms with Crippen molar-refractivity contribution in [3.05, 3.63) is 65.6 Å². The Hall–Kier alpha value is -2.47. The van der Waals surface area contributed by atoms with Gasteiger partial charge in [0.15, 0.2) is 0 Å². The molecule has 0 aliphatic rings. The molecule has 3 aromatic rings. The molecule has 2 aromatic carbocycles. The fraction of sp³-hybridized carbons (Fsp3) is 0.250. The summed E-state index contributed by atoms with van der Waals surface area (Å²) in [4.78, 5) is 0. The third-order valence-corrected chi connectivity index (χ3v) is 7.16. The minimum Gasteiger partial charge on any atom is -0.471 e. The molecule has 1 nitrogen and oxygen atoms in total. The van der Waals surface area contributed by atoms with Gasteiger partial charge in [0.1, 0.15) is 14.3 Å². The topological polar surface area (TPSA) is 13.1 Å². The summed E-state index contributed by atoms with van der Waals surface area (Å²) in [5, 5.41) is 3.60. The highest BCUT2D eigenvalue weighted by Crippen LogP contribution is 2.22. The zero-order chi connectivity index (χ0) is 19.7. The lowest BCUT2D eigenvalue weighted by Crippen LogP contribution is -2.38. The van der Waals surface area contributed by atoms with Crippen LogP contribution in [0.15, 0.2) is 53.3 Å². The summed E-state index contributed by atoms with van der Waals surface area (Å²) in [7, 11) is -2.92. The largest absolute Gasteiger partial charge is 0.471 e. The van der Waals surface area contributed by atoms with Crippen molar-refractivity contribution < 1.29 is 4.42 Å². The van der Waals surface area contributed by atoms with E-state index in [9.17, 15) is 0 Å². The summed E-state index contributed by atoms with van der Waals surface area (Å²) < 4.78 is 5.46. The molecule has 0 atom stereocenters. The molecule has 0 aliphatic carbocycles. The molecule has 1 aromatic heterocycles. The lowest BCUT2D eigenvalue weighted by atomic mass is 9.99. The van der Waals surface area contributed by atoms with Gasteiger partial charge >= 0.3 is 0 Å². The molecule has 0 aliphatic heterocycles. The van der Waals surface area contributed by atoms with Crippen LogP contribution in [0.25, 0.3) is 10.8 Å². The predicted octanol–water partition coefficient (Wildman–Crippen LogP) is 5.61. The van der Waals surface area contributed by atoms with Crippen LogP contribution >= 0.6 is 0 Å². The molecule has 3 heteroatoms. The molecule has 0 saturated heterocycles. The van der Waals surface area contributed by atoms with Crippen molar-refractivity contribution in [2.24, 2.45) is 0 Å². The van der Waals surface area contributed by atoms with E-state index >= 15 is 0 Å². The fourth-order valence-electron chi connectivity index (χ4n) is 2.91. The molecule has 0 N–H and O–H groups in total. The van der Waals surface area contributed by atoms with Crippen LogP contribution in [0.3, 0.4) is 0 Å². The predicted molar refractivity (Wildman–Crippen MR) is 122 cm³/mol. The second-order valence-corrected chi connectivity index (χ2v) is 18.7. The lowest BCUT2D eigenvalue weighted by Gasteiger charge is -2.13. The molecule has 27 heavy (non-hydrogen) atoms. The van der Waals surface area contributed by atoms with Gasteiger partial charge in [0, 0.05) is 16.5 Å². The first kappa shape index (κ1) is 19.3. The van der Waals surface area contributed by atoms with Gasteiger partial charge in [-0.1, -0.05) is 81.3 Å². The Labute approximate surface area is 164 Å². The maximum absolute atomic E-state index is 5.46. The molecule has 0 bridgehead atoms. The normalized spacial score (nSPS) is 11.5. The average molecular weight is 387 g/mol. The number of furan rings is 1. The molecule has 0 amide bonds. The monoisotopic (exact) mass is 386 g/mol. The fourth-order valence-corrected chi connectivity index (χ4v) is 4.77. The highest BCUT2D eigenvalue weighted by molar-refractivity contribution is 6.89. The van der Waals surface area contributed by atoms with Crippen LogP contribution in [-0.2, 0) is 0 Å². The molecular weight excluding hydrogens is 360 g/mol. The number of hydrogen-bond donors (Lipinski definition) is 0. The van der Waals surface area contributed by atoms with Crippen molar-refractivity contribution in [3.63, 3.8) is 0 Å². The van der Waals surface area contributed by atoms with Gasteiger partial charge in [0.05, 0.1) is 19.9 Å². The van der Waals surface area contributed by atoms with Crippen LogP contribution < -0.4 is 5.19 Å². The lowest BCUT2D eigenvalue weighted by molar-refractivity contribution is 0.568. The Kier molecular flexibility index (Phi) is 5.20. The molecular formula is C24H26OSi2. The average Bonchev–Trinajstić information content (AvgIpc) is 3.06. The summed E-state index contributed by atoms with van der Waals surface area (Å²) in [6.45, 7) is 13.7. The maximum Gasteiger partial charge on any atom is 0.129 e. The number of fused-ring (bicyclic) bond motifs is 1. The Morgan fingerprint density at radius 1 is 0.704 bits per heavy atom. The first-order chi connectivity index (χ1) is 12.6. The number of benzene rings is 2. The van der Waals surface area contributed by atoms with E-state index < -0.39 is 16.1 Å². The van der Waals surface area contributed by atoms with Crippen LogP contribution in [0.5, 0.6) is 0 Å². The van der Waals surface area contributed by atoms with Gasteiger partial charge in [-0.3, -0.25) is 0 Å². The Balaban J connectivity index is 2.15. The number of rotatable bonds is 1. The molecule has 0 spiro atoms. The van der Waals surface area contributed by atoms with Gasteiger partial charge in [-0.25, -0.2) is 0 Å². The van der Waals surface area contributed by atoms with Crippen LogP contribution in [-0.4, -0.2) is 16.1 Å². The molecule has 0 saturated carbocycles. The summed E-state index contributed by atoms with van der Waals surface area (Å²) in [6.07, 6.45) is 3.64. The van der Waals surface area contributed by atoms with E-state index in [2.05, 4.69) is 99.0 Å². The first-order valence-electron chi connectivity index (χ1n) is 9.29. The van der Waals surface area contributed by atoms with Gasteiger partial charge in [-0.15, -0.1) is 5.54 Å². The van der Waals surface area contributed by atoms with E-state index in [0.717, 1.165) is 22.1 Å². The van der Waals surface area contributed by atoms with Crippen molar-refractivity contribution in [1.82, 2.24) is 0 Å². The van der Waals surface area contributed by atoms with E-state index in [1.807, 2.05) is 6.26 Å². The van der Waals surface area contributed by atoms with Crippen molar-refractivity contribution in [2.75, 3.05) is 0 Å². The summed E-state index contributed by atoms with van der Waals surface area (Å²) in [6, 6.07) is 12.6. The van der Waals surface area contributed by atoms with E-state index in [0.29, 0.717) is 0 Å². The molecule has 136 valence electrons. The van der Waals surface area contributed by atoms with Gasteiger partial charge in [-0.2, -0.15) is 0 Å². The highest BCUT2D eigenvalue weighted by Gasteiger charge is 2.21. The van der Waals surface area contributed by atoms with Gasteiger partial charge < -0.3 is 4.42 Å². The SMILES string of the molecule is C[Si](C)(C)C#Cc1cccc2cccc(C#Cc3cocc3[Si](C)(C)C)c12. The highest BCUT2D eigenvalue weighted by atomic mass is 28.3. The molecule has 1 heterocycles. The third-order valence-electron chi connectivity index (χ3n) is 4.28. The summed E-state index contributed by atoms with van der Waals surface area (Å²) in [5.74, 6) is 10.2. The number of hydrogen-bond acceptors (Lipinski definition) is 1. The van der Waals surface area contributed by atoms with E-state index in [1.165, 1.54) is 10.6 Å². The minimum atomic E-state index is -1.48. The zero-order valence-corrected chi connectivity index (χ0v) is 19.0. The summed E-state index contributed by atoms with van der Waals surface area (Å²) in [5.41, 5.74) is 6.59. The van der Waals surface area contributed by atoms with Gasteiger partial charge in [0.2, 0.25) is 0 Å². The maximum atomic E-state index is 5.46. The minimum absolute atomic E-state index is 1.01. The second kappa shape index (κ2) is 7.27. The Morgan fingerprint density at radius 3 is 1.89 bits per heavy atom. The van der Waals surface area contributed by atoms with Crippen LogP contribution in [0.4, 0.5) is 0 Å². The molecule has 0 unspecified atom stereocenters. The van der Waals surface area contributed by atoms with Crippen LogP contribution in [0.2, 0.25) is 39.3 Å². The third kappa shape index (κ3) is 4.63. The van der Waals surface area contributed by atoms with Crippen molar-refractivity contribution in [1.29, 1.82) is 0 Å². The molecule has 3 rings (SSSR count). The van der Waals surface area contributed by atoms with E-state index in [-0.39, 0.29) is 0 Å². The van der Waals surface area contributed by atoms with Crippen molar-refractivity contribution >= 4 is 32.1 Å². The standard InChI is InChI=1S/C24H26OSi2/c1-26(2,3)16-15-21-12-8-10-19-9-7-11-20(24(19)21)13-14-22-17-25-18-23(22)27(4,5)6/h7-12,17-18H,1-6H3. The van der Waals surface area contributed by atoms with Crippen LogP contribution in [0.1, 0.15) is 16.7 Å². The Morgan fingerprint density at radius 2 is 1.30 bits per heavy atom. The van der Waals surface area contributed by atoms with Crippen LogP contribution in [0, 0.1) is 23.3 Å². The van der Waals surface area contributed by atoms with Crippen molar-refractivity contribution in [3.8, 4) is 23.3 Å². The van der Waals surface area contributed by atoms with Gasteiger partial charge in [0.25, 0.3) is 0 Å². The quantitative estimate of drug-likeness (QED) is 0.391. The first-order valence-corrected chi connectivity index (χ1v) is 16.3. The molecule has 0 fully saturated rings. The zero-order valence-electron chi connectivity index (χ0n) is 17.0. The Bertz CT molecular complexity index is 1100. The molecule has 0 radical (unpaired) electrons. The smallest absolute Gasteiger partial charge is 0.129 e. The van der Waals surface area contributed by atoms with E-state index in [4.69, 9.17) is 4.42 Å². The second-order valence-electron chi connectivity index (χ2n) is 8.91. The van der Waals surface area contributed by atoms with E-state index in [1.54, 1.807) is 6.26 Å². The summed E-state index contributed by atoms with van der Waals surface area (Å²) >= 11 is 0. The van der Waals surface area contributed by atoms with Crippen molar-refractivity contribution in [2.45, 2.75) is 39.3 Å².